The lowest BCUT2D eigenvalue weighted by molar-refractivity contribution is 0.307. The summed E-state index contributed by atoms with van der Waals surface area (Å²) in [5, 5.41) is 0. The molecule has 0 aliphatic rings. The first-order valence-electron chi connectivity index (χ1n) is 6.80. The van der Waals surface area contributed by atoms with Gasteiger partial charge in [0.1, 0.15) is 12.4 Å². The zero-order valence-corrected chi connectivity index (χ0v) is 13.2. The van der Waals surface area contributed by atoms with Crippen LogP contribution in [0.5, 0.6) is 5.75 Å². The number of hydrogen-bond acceptors (Lipinski definition) is 4. The topological polar surface area (TPSA) is 52.6 Å². The van der Waals surface area contributed by atoms with Crippen molar-refractivity contribution in [3.63, 3.8) is 0 Å². The molecule has 0 aliphatic heterocycles. The van der Waals surface area contributed by atoms with Gasteiger partial charge < -0.3 is 4.74 Å². The summed E-state index contributed by atoms with van der Waals surface area (Å²) in [5.74, 6) is 0.699. The van der Waals surface area contributed by atoms with E-state index < -0.39 is 10.1 Å². The maximum Gasteiger partial charge on any atom is 0.297 e. The van der Waals surface area contributed by atoms with Crippen LogP contribution in [-0.2, 0) is 20.9 Å². The Labute approximate surface area is 131 Å². The second kappa shape index (κ2) is 7.24. The van der Waals surface area contributed by atoms with Crippen LogP contribution >= 0.6 is 0 Å². The van der Waals surface area contributed by atoms with E-state index >= 15 is 0 Å². The molecule has 0 heterocycles. The first-order valence-corrected chi connectivity index (χ1v) is 8.21. The molecule has 22 heavy (non-hydrogen) atoms. The van der Waals surface area contributed by atoms with Gasteiger partial charge >= 0.3 is 0 Å². The van der Waals surface area contributed by atoms with Gasteiger partial charge in [0.15, 0.2) is 0 Å². The third-order valence-electron chi connectivity index (χ3n) is 2.98. The second-order valence-electron chi connectivity index (χ2n) is 4.77. The Morgan fingerprint density at radius 3 is 2.27 bits per heavy atom. The van der Waals surface area contributed by atoms with Gasteiger partial charge in [-0.2, -0.15) is 8.42 Å². The summed E-state index contributed by atoms with van der Waals surface area (Å²) >= 11 is 0. The van der Waals surface area contributed by atoms with Crippen molar-refractivity contribution in [1.82, 2.24) is 0 Å². The van der Waals surface area contributed by atoms with Gasteiger partial charge in [-0.05, 0) is 36.8 Å². The standard InChI is InChI=1S/C17H18O4S/c1-3-12-20-16-8-6-15(7-9-16)13-21-22(18,19)17-10-4-14(2)5-11-17/h3-11H,1,12-13H2,2H3. The van der Waals surface area contributed by atoms with Crippen molar-refractivity contribution in [3.05, 3.63) is 72.3 Å². The molecule has 0 aliphatic carbocycles. The molecule has 5 heteroatoms. The van der Waals surface area contributed by atoms with Crippen LogP contribution < -0.4 is 4.74 Å². The van der Waals surface area contributed by atoms with Crippen LogP contribution in [0.25, 0.3) is 0 Å². The monoisotopic (exact) mass is 318 g/mol. The van der Waals surface area contributed by atoms with Crippen LogP contribution in [0.15, 0.2) is 66.1 Å². The van der Waals surface area contributed by atoms with Crippen molar-refractivity contribution in [3.8, 4) is 5.75 Å². The van der Waals surface area contributed by atoms with Crippen molar-refractivity contribution in [2.24, 2.45) is 0 Å². The molecule has 0 aromatic heterocycles. The maximum atomic E-state index is 12.1. The molecule has 2 aromatic carbocycles. The minimum atomic E-state index is -3.74. The van der Waals surface area contributed by atoms with Gasteiger partial charge in [-0.25, -0.2) is 0 Å². The Balaban J connectivity index is 1.99. The smallest absolute Gasteiger partial charge is 0.297 e. The predicted octanol–water partition coefficient (Wildman–Crippen LogP) is 3.47. The number of benzene rings is 2. The molecule has 0 unspecified atom stereocenters. The van der Waals surface area contributed by atoms with Crippen LogP contribution in [0.4, 0.5) is 0 Å². The van der Waals surface area contributed by atoms with Gasteiger partial charge in [-0.1, -0.05) is 42.5 Å². The normalized spacial score (nSPS) is 11.1. The lowest BCUT2D eigenvalue weighted by Gasteiger charge is -2.07. The van der Waals surface area contributed by atoms with Crippen molar-refractivity contribution in [1.29, 1.82) is 0 Å². The van der Waals surface area contributed by atoms with Crippen molar-refractivity contribution in [2.45, 2.75) is 18.4 Å². The van der Waals surface area contributed by atoms with Crippen molar-refractivity contribution < 1.29 is 17.3 Å². The van der Waals surface area contributed by atoms with E-state index in [1.165, 1.54) is 12.1 Å². The van der Waals surface area contributed by atoms with Crippen LogP contribution in [0.2, 0.25) is 0 Å². The van der Waals surface area contributed by atoms with Gasteiger partial charge in [0.05, 0.1) is 11.5 Å². The Hall–Kier alpha value is -2.11. The van der Waals surface area contributed by atoms with Gasteiger partial charge in [0.2, 0.25) is 0 Å². The molecule has 0 saturated heterocycles. The molecule has 0 fully saturated rings. The fraction of sp³-hybridized carbons (Fsp3) is 0.176. The average Bonchev–Trinajstić information content (AvgIpc) is 2.52. The molecule has 0 bridgehead atoms. The molecule has 0 amide bonds. The molecule has 4 nitrogen and oxygen atoms in total. The zero-order valence-electron chi connectivity index (χ0n) is 12.4. The molecular formula is C17H18O4S. The van der Waals surface area contributed by atoms with Crippen LogP contribution in [0.1, 0.15) is 11.1 Å². The van der Waals surface area contributed by atoms with E-state index in [0.29, 0.717) is 12.4 Å². The van der Waals surface area contributed by atoms with Gasteiger partial charge in [-0.15, -0.1) is 0 Å². The molecular weight excluding hydrogens is 300 g/mol. The average molecular weight is 318 g/mol. The van der Waals surface area contributed by atoms with Gasteiger partial charge in [0, 0.05) is 0 Å². The molecule has 2 rings (SSSR count). The number of aryl methyl sites for hydroxylation is 1. The first kappa shape index (κ1) is 16.3. The van der Waals surface area contributed by atoms with Crippen molar-refractivity contribution in [2.75, 3.05) is 6.61 Å². The van der Waals surface area contributed by atoms with E-state index in [-0.39, 0.29) is 11.5 Å². The third kappa shape index (κ3) is 4.44. The summed E-state index contributed by atoms with van der Waals surface area (Å²) in [6.07, 6.45) is 1.66. The summed E-state index contributed by atoms with van der Waals surface area (Å²) in [6.45, 7) is 5.88. The molecule has 0 spiro atoms. The highest BCUT2D eigenvalue weighted by Gasteiger charge is 2.14. The highest BCUT2D eigenvalue weighted by molar-refractivity contribution is 7.86. The first-order chi connectivity index (χ1) is 10.5. The molecule has 0 saturated carbocycles. The predicted molar refractivity (Wildman–Crippen MR) is 85.3 cm³/mol. The van der Waals surface area contributed by atoms with Gasteiger partial charge in [-0.3, -0.25) is 4.18 Å². The highest BCUT2D eigenvalue weighted by Crippen LogP contribution is 2.17. The lowest BCUT2D eigenvalue weighted by Crippen LogP contribution is -2.06. The van der Waals surface area contributed by atoms with E-state index in [4.69, 9.17) is 8.92 Å². The summed E-state index contributed by atoms with van der Waals surface area (Å²) in [4.78, 5) is 0.157. The molecule has 2 aromatic rings. The van der Waals surface area contributed by atoms with E-state index in [1.54, 1.807) is 42.5 Å². The minimum Gasteiger partial charge on any atom is -0.490 e. The Bertz CT molecular complexity index is 716. The van der Waals surface area contributed by atoms with Crippen molar-refractivity contribution >= 4 is 10.1 Å². The minimum absolute atomic E-state index is 0.0159. The number of rotatable bonds is 7. The SMILES string of the molecule is C=CCOc1ccc(COS(=O)(=O)c2ccc(C)cc2)cc1. The van der Waals surface area contributed by atoms with Crippen LogP contribution in [0, 0.1) is 6.92 Å². The number of hydrogen-bond donors (Lipinski definition) is 0. The van der Waals surface area contributed by atoms with E-state index in [1.807, 2.05) is 6.92 Å². The van der Waals surface area contributed by atoms with Crippen LogP contribution in [0.3, 0.4) is 0 Å². The number of ether oxygens (including phenoxy) is 1. The fourth-order valence-electron chi connectivity index (χ4n) is 1.76. The molecule has 0 atom stereocenters. The molecule has 116 valence electrons. The van der Waals surface area contributed by atoms with E-state index in [9.17, 15) is 8.42 Å². The zero-order chi connectivity index (χ0) is 16.0. The highest BCUT2D eigenvalue weighted by atomic mass is 32.2. The largest absolute Gasteiger partial charge is 0.490 e. The quantitative estimate of drug-likeness (QED) is 0.579. The summed E-state index contributed by atoms with van der Waals surface area (Å²) in [7, 11) is -3.74. The third-order valence-corrected chi connectivity index (χ3v) is 4.26. The Morgan fingerprint density at radius 1 is 1.05 bits per heavy atom. The summed E-state index contributed by atoms with van der Waals surface area (Å²) < 4.78 is 34.6. The van der Waals surface area contributed by atoms with Crippen LogP contribution in [-0.4, -0.2) is 15.0 Å². The lowest BCUT2D eigenvalue weighted by atomic mass is 10.2. The fourth-order valence-corrected chi connectivity index (χ4v) is 2.65. The molecule has 0 radical (unpaired) electrons. The Kier molecular flexibility index (Phi) is 5.35. The maximum absolute atomic E-state index is 12.1. The summed E-state index contributed by atoms with van der Waals surface area (Å²) in [6, 6.07) is 13.6. The molecule has 0 N–H and O–H groups in total. The Morgan fingerprint density at radius 2 is 1.68 bits per heavy atom. The van der Waals surface area contributed by atoms with E-state index in [2.05, 4.69) is 6.58 Å². The summed E-state index contributed by atoms with van der Waals surface area (Å²) in [5.41, 5.74) is 1.75. The second-order valence-corrected chi connectivity index (χ2v) is 6.39. The van der Waals surface area contributed by atoms with E-state index in [0.717, 1.165) is 11.1 Å². The van der Waals surface area contributed by atoms with Gasteiger partial charge in [0.25, 0.3) is 10.1 Å².